The molecule has 0 bridgehead atoms. The summed E-state index contributed by atoms with van der Waals surface area (Å²) in [5, 5.41) is 4.34. The Bertz CT molecular complexity index is 375. The van der Waals surface area contributed by atoms with Gasteiger partial charge in [0.25, 0.3) is 0 Å². The van der Waals surface area contributed by atoms with E-state index in [1.807, 2.05) is 16.9 Å². The number of hydrogen-bond acceptors (Lipinski definition) is 3. The molecule has 0 aromatic carbocycles. The van der Waals surface area contributed by atoms with Crippen LogP contribution in [0.4, 0.5) is 0 Å². The predicted octanol–water partition coefficient (Wildman–Crippen LogP) is 2.12. The molecule has 2 aromatic rings. The Labute approximate surface area is 76.2 Å². The molecule has 0 aliphatic heterocycles. The van der Waals surface area contributed by atoms with Gasteiger partial charge < -0.3 is 4.42 Å². The molecule has 68 valence electrons. The first kappa shape index (κ1) is 8.04. The number of nitrogens with zero attached hydrogens (tertiary/aromatic N) is 3. The third kappa shape index (κ3) is 1.47. The van der Waals surface area contributed by atoms with Crippen LogP contribution in [0, 0.1) is 0 Å². The number of aromatic nitrogens is 3. The van der Waals surface area contributed by atoms with Crippen molar-refractivity contribution in [1.82, 2.24) is 14.8 Å². The maximum atomic E-state index is 5.13. The summed E-state index contributed by atoms with van der Waals surface area (Å²) in [6, 6.07) is 2.29. The van der Waals surface area contributed by atoms with Crippen LogP contribution in [0.3, 0.4) is 0 Å². The van der Waals surface area contributed by atoms with Crippen molar-refractivity contribution in [2.75, 3.05) is 0 Å². The second-order valence-electron chi connectivity index (χ2n) is 3.14. The van der Waals surface area contributed by atoms with E-state index in [4.69, 9.17) is 4.42 Å². The van der Waals surface area contributed by atoms with Crippen LogP contribution in [0.2, 0.25) is 0 Å². The lowest BCUT2D eigenvalue weighted by atomic mass is 10.4. The zero-order valence-corrected chi connectivity index (χ0v) is 7.64. The molecule has 2 heterocycles. The topological polar surface area (TPSA) is 43.9 Å². The molecule has 0 radical (unpaired) electrons. The molecule has 0 fully saturated rings. The smallest absolute Gasteiger partial charge is 0.181 e. The summed E-state index contributed by atoms with van der Waals surface area (Å²) >= 11 is 0. The van der Waals surface area contributed by atoms with Crippen molar-refractivity contribution in [3.8, 4) is 11.5 Å². The van der Waals surface area contributed by atoms with Gasteiger partial charge in [-0.05, 0) is 19.9 Å². The quantitative estimate of drug-likeness (QED) is 0.705. The Hall–Kier alpha value is -1.58. The lowest BCUT2D eigenvalue weighted by molar-refractivity contribution is 0.527. The second-order valence-corrected chi connectivity index (χ2v) is 3.14. The molecule has 2 rings (SSSR count). The van der Waals surface area contributed by atoms with E-state index >= 15 is 0 Å². The third-order valence-electron chi connectivity index (χ3n) is 1.82. The summed E-state index contributed by atoms with van der Waals surface area (Å²) in [6.45, 7) is 4.16. The van der Waals surface area contributed by atoms with Crippen LogP contribution in [0.25, 0.3) is 11.5 Å². The first-order valence-electron chi connectivity index (χ1n) is 4.21. The third-order valence-corrected chi connectivity index (χ3v) is 1.82. The van der Waals surface area contributed by atoms with E-state index < -0.39 is 0 Å². The first-order chi connectivity index (χ1) is 6.27. The molecule has 0 N–H and O–H groups in total. The highest BCUT2D eigenvalue weighted by atomic mass is 16.3. The van der Waals surface area contributed by atoms with Gasteiger partial charge in [-0.3, -0.25) is 4.68 Å². The Morgan fingerprint density at radius 1 is 1.46 bits per heavy atom. The highest BCUT2D eigenvalue weighted by Gasteiger charge is 2.06. The minimum Gasteiger partial charge on any atom is -0.442 e. The zero-order valence-electron chi connectivity index (χ0n) is 7.64. The molecule has 0 atom stereocenters. The average molecular weight is 177 g/mol. The van der Waals surface area contributed by atoms with Gasteiger partial charge >= 0.3 is 0 Å². The van der Waals surface area contributed by atoms with Crippen molar-refractivity contribution in [2.45, 2.75) is 19.9 Å². The highest BCUT2D eigenvalue weighted by Crippen LogP contribution is 2.16. The fourth-order valence-electron chi connectivity index (χ4n) is 1.10. The van der Waals surface area contributed by atoms with E-state index in [1.54, 1.807) is 6.20 Å². The molecule has 0 saturated heterocycles. The maximum Gasteiger partial charge on any atom is 0.181 e. The lowest BCUT2D eigenvalue weighted by Crippen LogP contribution is -2.00. The van der Waals surface area contributed by atoms with Gasteiger partial charge in [0.1, 0.15) is 5.69 Å². The van der Waals surface area contributed by atoms with Crippen molar-refractivity contribution in [3.63, 3.8) is 0 Å². The Morgan fingerprint density at radius 2 is 2.31 bits per heavy atom. The van der Waals surface area contributed by atoms with Crippen LogP contribution in [0.5, 0.6) is 0 Å². The van der Waals surface area contributed by atoms with Crippen molar-refractivity contribution in [2.24, 2.45) is 0 Å². The fourth-order valence-corrected chi connectivity index (χ4v) is 1.10. The van der Waals surface area contributed by atoms with E-state index in [0.29, 0.717) is 11.8 Å². The summed E-state index contributed by atoms with van der Waals surface area (Å²) in [7, 11) is 0. The minimum atomic E-state index is 0.372. The molecule has 0 unspecified atom stereocenters. The molecule has 0 aliphatic carbocycles. The molecular weight excluding hydrogens is 166 g/mol. The second kappa shape index (κ2) is 3.05. The fraction of sp³-hybridized carbons (Fsp3) is 0.333. The van der Waals surface area contributed by atoms with E-state index in [1.165, 1.54) is 6.39 Å². The number of hydrogen-bond donors (Lipinski definition) is 0. The van der Waals surface area contributed by atoms with Gasteiger partial charge in [-0.2, -0.15) is 5.10 Å². The van der Waals surface area contributed by atoms with Gasteiger partial charge in [-0.1, -0.05) is 0 Å². The van der Waals surface area contributed by atoms with E-state index in [0.717, 1.165) is 5.69 Å². The van der Waals surface area contributed by atoms with Crippen molar-refractivity contribution >= 4 is 0 Å². The van der Waals surface area contributed by atoms with E-state index in [9.17, 15) is 0 Å². The molecule has 2 aromatic heterocycles. The maximum absolute atomic E-state index is 5.13. The molecule has 0 saturated carbocycles. The molecule has 0 spiro atoms. The summed E-state index contributed by atoms with van der Waals surface area (Å²) < 4.78 is 7.01. The number of oxazole rings is 1. The summed E-state index contributed by atoms with van der Waals surface area (Å²) in [6.07, 6.45) is 5.00. The predicted molar refractivity (Wildman–Crippen MR) is 48.1 cm³/mol. The van der Waals surface area contributed by atoms with E-state index in [2.05, 4.69) is 23.9 Å². The van der Waals surface area contributed by atoms with Gasteiger partial charge in [0.15, 0.2) is 12.2 Å². The highest BCUT2D eigenvalue weighted by molar-refractivity contribution is 5.48. The monoisotopic (exact) mass is 177 g/mol. The lowest BCUT2D eigenvalue weighted by Gasteiger charge is -2.02. The van der Waals surface area contributed by atoms with Crippen LogP contribution >= 0.6 is 0 Å². The van der Waals surface area contributed by atoms with Gasteiger partial charge in [0.2, 0.25) is 0 Å². The molecule has 0 amide bonds. The van der Waals surface area contributed by atoms with Crippen molar-refractivity contribution in [1.29, 1.82) is 0 Å². The molecular formula is C9H11N3O. The average Bonchev–Trinajstić information content (AvgIpc) is 2.75. The normalized spacial score (nSPS) is 11.0. The SMILES string of the molecule is CC(C)n1ccc(-c2cnco2)n1. The van der Waals surface area contributed by atoms with Crippen LogP contribution in [-0.2, 0) is 0 Å². The Morgan fingerprint density at radius 3 is 2.85 bits per heavy atom. The van der Waals surface area contributed by atoms with Gasteiger partial charge in [-0.15, -0.1) is 0 Å². The molecule has 0 aliphatic rings. The molecule has 4 heteroatoms. The van der Waals surface area contributed by atoms with Crippen LogP contribution < -0.4 is 0 Å². The number of rotatable bonds is 2. The van der Waals surface area contributed by atoms with Gasteiger partial charge in [-0.25, -0.2) is 4.98 Å². The molecule has 13 heavy (non-hydrogen) atoms. The van der Waals surface area contributed by atoms with Gasteiger partial charge in [0, 0.05) is 12.2 Å². The summed E-state index contributed by atoms with van der Waals surface area (Å²) in [5.41, 5.74) is 0.825. The van der Waals surface area contributed by atoms with Crippen LogP contribution in [0.15, 0.2) is 29.3 Å². The van der Waals surface area contributed by atoms with Crippen molar-refractivity contribution < 1.29 is 4.42 Å². The summed E-state index contributed by atoms with van der Waals surface area (Å²) in [5.74, 6) is 0.708. The van der Waals surface area contributed by atoms with Crippen molar-refractivity contribution in [3.05, 3.63) is 24.9 Å². The molecule has 4 nitrogen and oxygen atoms in total. The van der Waals surface area contributed by atoms with Crippen LogP contribution in [-0.4, -0.2) is 14.8 Å². The van der Waals surface area contributed by atoms with E-state index in [-0.39, 0.29) is 0 Å². The van der Waals surface area contributed by atoms with Crippen LogP contribution in [0.1, 0.15) is 19.9 Å². The first-order valence-corrected chi connectivity index (χ1v) is 4.21. The minimum absolute atomic E-state index is 0.372. The Kier molecular flexibility index (Phi) is 1.88. The Balaban J connectivity index is 2.33. The standard InChI is InChI=1S/C9H11N3O/c1-7(2)12-4-3-8(11-12)9-5-10-6-13-9/h3-7H,1-2H3. The summed E-state index contributed by atoms with van der Waals surface area (Å²) in [4.78, 5) is 3.84. The van der Waals surface area contributed by atoms with Gasteiger partial charge in [0.05, 0.1) is 6.20 Å². The largest absolute Gasteiger partial charge is 0.442 e. The zero-order chi connectivity index (χ0) is 9.26.